The van der Waals surface area contributed by atoms with Gasteiger partial charge in [-0.25, -0.2) is 0 Å². The van der Waals surface area contributed by atoms with Gasteiger partial charge in [-0.1, -0.05) is 0 Å². The molecule has 1 aromatic rings. The lowest BCUT2D eigenvalue weighted by atomic mass is 10.1. The molecule has 6 heteroatoms. The molecule has 6 nitrogen and oxygen atoms in total. The molecule has 3 heterocycles. The van der Waals surface area contributed by atoms with E-state index in [1.807, 2.05) is 18.0 Å². The average Bonchev–Trinajstić information content (AvgIpc) is 3.04. The molecule has 2 aliphatic rings. The first-order valence-electron chi connectivity index (χ1n) is 9.18. The maximum Gasteiger partial charge on any atom is 0.228 e. The van der Waals surface area contributed by atoms with Crippen LogP contribution in [0.25, 0.3) is 0 Å². The van der Waals surface area contributed by atoms with Crippen LogP contribution in [0.1, 0.15) is 29.7 Å². The molecule has 3 rings (SSSR count). The fourth-order valence-corrected chi connectivity index (χ4v) is 3.78. The molecule has 0 spiro atoms. The zero-order valence-electron chi connectivity index (χ0n) is 15.6. The third-order valence-corrected chi connectivity index (χ3v) is 5.30. The molecule has 2 aliphatic heterocycles. The SMILES string of the molecule is COc1c(C)cnc(CN2CCCN(C(=O)C3CCOC3)CC2)c1C. The number of pyridine rings is 1. The summed E-state index contributed by atoms with van der Waals surface area (Å²) in [5, 5.41) is 0. The highest BCUT2D eigenvalue weighted by atomic mass is 16.5. The van der Waals surface area contributed by atoms with Gasteiger partial charge in [0.1, 0.15) is 5.75 Å². The molecule has 0 N–H and O–H groups in total. The van der Waals surface area contributed by atoms with Crippen molar-refractivity contribution in [3.05, 3.63) is 23.0 Å². The summed E-state index contributed by atoms with van der Waals surface area (Å²) in [6.07, 6.45) is 3.75. The number of carbonyl (C=O) groups is 1. The molecule has 0 aliphatic carbocycles. The van der Waals surface area contributed by atoms with Crippen LogP contribution in [0.5, 0.6) is 5.75 Å². The van der Waals surface area contributed by atoms with Gasteiger partial charge in [0.05, 0.1) is 25.3 Å². The second-order valence-electron chi connectivity index (χ2n) is 7.06. The van der Waals surface area contributed by atoms with Crippen LogP contribution in [-0.4, -0.2) is 67.2 Å². The van der Waals surface area contributed by atoms with Crippen LogP contribution < -0.4 is 4.74 Å². The van der Waals surface area contributed by atoms with Gasteiger partial charge in [-0.05, 0) is 26.7 Å². The molecule has 138 valence electrons. The summed E-state index contributed by atoms with van der Waals surface area (Å²) >= 11 is 0. The molecular formula is C19H29N3O3. The van der Waals surface area contributed by atoms with Crippen molar-refractivity contribution >= 4 is 5.91 Å². The molecule has 0 aromatic carbocycles. The van der Waals surface area contributed by atoms with E-state index in [4.69, 9.17) is 9.47 Å². The van der Waals surface area contributed by atoms with Crippen molar-refractivity contribution in [1.29, 1.82) is 0 Å². The first-order chi connectivity index (χ1) is 12.1. The van der Waals surface area contributed by atoms with E-state index >= 15 is 0 Å². The summed E-state index contributed by atoms with van der Waals surface area (Å²) in [4.78, 5) is 21.6. The van der Waals surface area contributed by atoms with Crippen LogP contribution >= 0.6 is 0 Å². The van der Waals surface area contributed by atoms with Crippen LogP contribution in [0.3, 0.4) is 0 Å². The quantitative estimate of drug-likeness (QED) is 0.831. The zero-order valence-corrected chi connectivity index (χ0v) is 15.6. The van der Waals surface area contributed by atoms with Crippen LogP contribution in [-0.2, 0) is 16.1 Å². The van der Waals surface area contributed by atoms with Crippen molar-refractivity contribution in [3.8, 4) is 5.75 Å². The summed E-state index contributed by atoms with van der Waals surface area (Å²) in [7, 11) is 1.71. The lowest BCUT2D eigenvalue weighted by Gasteiger charge is -2.24. The van der Waals surface area contributed by atoms with Crippen molar-refractivity contribution in [1.82, 2.24) is 14.8 Å². The van der Waals surface area contributed by atoms with E-state index in [0.717, 1.165) is 74.7 Å². The Morgan fingerprint density at radius 3 is 2.88 bits per heavy atom. The maximum absolute atomic E-state index is 12.6. The van der Waals surface area contributed by atoms with E-state index in [1.54, 1.807) is 7.11 Å². The normalized spacial score (nSPS) is 22.0. The lowest BCUT2D eigenvalue weighted by molar-refractivity contribution is -0.135. The smallest absolute Gasteiger partial charge is 0.228 e. The number of hydrogen-bond donors (Lipinski definition) is 0. The molecular weight excluding hydrogens is 318 g/mol. The Kier molecular flexibility index (Phi) is 5.91. The number of aromatic nitrogens is 1. The Morgan fingerprint density at radius 2 is 2.16 bits per heavy atom. The van der Waals surface area contributed by atoms with Gasteiger partial charge < -0.3 is 14.4 Å². The molecule has 2 saturated heterocycles. The largest absolute Gasteiger partial charge is 0.496 e. The monoisotopic (exact) mass is 347 g/mol. The third-order valence-electron chi connectivity index (χ3n) is 5.30. The van der Waals surface area contributed by atoms with Gasteiger partial charge >= 0.3 is 0 Å². The molecule has 1 aromatic heterocycles. The van der Waals surface area contributed by atoms with E-state index in [9.17, 15) is 4.79 Å². The van der Waals surface area contributed by atoms with Crippen LogP contribution in [0, 0.1) is 19.8 Å². The second-order valence-corrected chi connectivity index (χ2v) is 7.06. The summed E-state index contributed by atoms with van der Waals surface area (Å²) in [5.74, 6) is 1.26. The number of carbonyl (C=O) groups excluding carboxylic acids is 1. The van der Waals surface area contributed by atoms with Crippen molar-refractivity contribution in [2.75, 3.05) is 46.5 Å². The molecule has 2 fully saturated rings. The predicted molar refractivity (Wildman–Crippen MR) is 95.7 cm³/mol. The van der Waals surface area contributed by atoms with Gasteiger partial charge in [-0.15, -0.1) is 0 Å². The predicted octanol–water partition coefficient (Wildman–Crippen LogP) is 1.78. The third kappa shape index (κ3) is 4.12. The molecule has 1 amide bonds. The highest BCUT2D eigenvalue weighted by Gasteiger charge is 2.29. The van der Waals surface area contributed by atoms with Gasteiger partial charge in [-0.3, -0.25) is 14.7 Å². The molecule has 1 atom stereocenters. The Hall–Kier alpha value is -1.66. The molecule has 1 unspecified atom stereocenters. The van der Waals surface area contributed by atoms with Crippen molar-refractivity contribution < 1.29 is 14.3 Å². The zero-order chi connectivity index (χ0) is 17.8. The van der Waals surface area contributed by atoms with Gasteiger partial charge in [-0.2, -0.15) is 0 Å². The Labute approximate surface area is 150 Å². The first-order valence-corrected chi connectivity index (χ1v) is 9.18. The number of ether oxygens (including phenoxy) is 2. The van der Waals surface area contributed by atoms with Crippen LogP contribution in [0.15, 0.2) is 6.20 Å². The number of aryl methyl sites for hydroxylation is 1. The van der Waals surface area contributed by atoms with E-state index in [-0.39, 0.29) is 11.8 Å². The Balaban J connectivity index is 1.61. The summed E-state index contributed by atoms with van der Waals surface area (Å²) in [6.45, 7) is 9.71. The van der Waals surface area contributed by atoms with Gasteiger partial charge in [0.15, 0.2) is 0 Å². The highest BCUT2D eigenvalue weighted by Crippen LogP contribution is 2.25. The number of methoxy groups -OCH3 is 1. The highest BCUT2D eigenvalue weighted by molar-refractivity contribution is 5.79. The van der Waals surface area contributed by atoms with Crippen LogP contribution in [0.4, 0.5) is 0 Å². The number of rotatable bonds is 4. The van der Waals surface area contributed by atoms with Crippen molar-refractivity contribution in [2.24, 2.45) is 5.92 Å². The van der Waals surface area contributed by atoms with E-state index in [2.05, 4.69) is 16.8 Å². The maximum atomic E-state index is 12.6. The van der Waals surface area contributed by atoms with E-state index in [0.29, 0.717) is 6.61 Å². The number of amides is 1. The van der Waals surface area contributed by atoms with Gasteiger partial charge in [0.2, 0.25) is 5.91 Å². The van der Waals surface area contributed by atoms with Gasteiger partial charge in [0.25, 0.3) is 0 Å². The van der Waals surface area contributed by atoms with E-state index < -0.39 is 0 Å². The van der Waals surface area contributed by atoms with Crippen molar-refractivity contribution in [2.45, 2.75) is 33.2 Å². The second kappa shape index (κ2) is 8.15. The molecule has 0 saturated carbocycles. The fourth-order valence-electron chi connectivity index (χ4n) is 3.78. The minimum atomic E-state index is 0.0665. The summed E-state index contributed by atoms with van der Waals surface area (Å²) < 4.78 is 10.9. The Bertz CT molecular complexity index is 614. The van der Waals surface area contributed by atoms with Crippen LogP contribution in [0.2, 0.25) is 0 Å². The standard InChI is InChI=1S/C19H29N3O3/c1-14-11-20-17(15(2)18(14)24-3)12-21-6-4-7-22(9-8-21)19(23)16-5-10-25-13-16/h11,16H,4-10,12-13H2,1-3H3. The van der Waals surface area contributed by atoms with E-state index in [1.165, 1.54) is 0 Å². The topological polar surface area (TPSA) is 54.9 Å². The minimum absolute atomic E-state index is 0.0665. The average molecular weight is 347 g/mol. The van der Waals surface area contributed by atoms with Crippen molar-refractivity contribution in [3.63, 3.8) is 0 Å². The fraction of sp³-hybridized carbons (Fsp3) is 0.684. The van der Waals surface area contributed by atoms with Gasteiger partial charge in [0, 0.05) is 56.7 Å². The molecule has 25 heavy (non-hydrogen) atoms. The summed E-state index contributed by atoms with van der Waals surface area (Å²) in [5.41, 5.74) is 3.24. The minimum Gasteiger partial charge on any atom is -0.496 e. The molecule has 0 bridgehead atoms. The lowest BCUT2D eigenvalue weighted by Crippen LogP contribution is -2.39. The number of nitrogens with zero attached hydrogens (tertiary/aromatic N) is 3. The summed E-state index contributed by atoms with van der Waals surface area (Å²) in [6, 6.07) is 0. The first kappa shape index (κ1) is 18.1. The molecule has 0 radical (unpaired) electrons. The number of hydrogen-bond acceptors (Lipinski definition) is 5. The Morgan fingerprint density at radius 1 is 1.32 bits per heavy atom.